The summed E-state index contributed by atoms with van der Waals surface area (Å²) >= 11 is 5.02. The predicted molar refractivity (Wildman–Crippen MR) is 103 cm³/mol. The first-order chi connectivity index (χ1) is 12.3. The van der Waals surface area contributed by atoms with Crippen molar-refractivity contribution in [2.45, 2.75) is 6.54 Å². The zero-order chi connectivity index (χ0) is 17.5. The van der Waals surface area contributed by atoms with Gasteiger partial charge in [-0.05, 0) is 29.9 Å². The number of aromatic nitrogens is 3. The Labute approximate surface area is 151 Å². The number of hydrazone groups is 1. The molecule has 3 aromatic rings. The molecule has 2 N–H and O–H groups in total. The van der Waals surface area contributed by atoms with E-state index in [4.69, 9.17) is 17.3 Å². The standard InChI is InChI=1S/C18H18N6S/c1-19-18(25)22-21-11-16-13-24(12-14-6-3-2-4-7-14)23-17(16)15-8-5-9-20-10-15/h2-11,13H,12H2,1H3,(H2,19,22,25)/b21-11+. The Kier molecular flexibility index (Phi) is 5.48. The SMILES string of the molecule is CNC(=S)N/N=C/c1cn(Cc2ccccc2)nc1-c1cccnc1. The molecule has 0 spiro atoms. The third kappa shape index (κ3) is 4.48. The summed E-state index contributed by atoms with van der Waals surface area (Å²) in [4.78, 5) is 4.18. The van der Waals surface area contributed by atoms with Gasteiger partial charge in [0.15, 0.2) is 5.11 Å². The maximum atomic E-state index is 5.02. The molecular weight excluding hydrogens is 332 g/mol. The highest BCUT2D eigenvalue weighted by Crippen LogP contribution is 2.20. The van der Waals surface area contributed by atoms with Crippen LogP contribution in [0.25, 0.3) is 11.3 Å². The van der Waals surface area contributed by atoms with Crippen LogP contribution in [-0.2, 0) is 6.54 Å². The number of benzene rings is 1. The molecule has 0 saturated carbocycles. The number of pyridine rings is 1. The van der Waals surface area contributed by atoms with E-state index in [1.165, 1.54) is 5.56 Å². The lowest BCUT2D eigenvalue weighted by Gasteiger charge is -2.01. The molecule has 2 heterocycles. The van der Waals surface area contributed by atoms with Crippen LogP contribution in [0, 0.1) is 0 Å². The average Bonchev–Trinajstić information content (AvgIpc) is 3.05. The summed E-state index contributed by atoms with van der Waals surface area (Å²) in [5.41, 5.74) is 6.58. The van der Waals surface area contributed by atoms with E-state index in [-0.39, 0.29) is 0 Å². The number of rotatable bonds is 5. The van der Waals surface area contributed by atoms with E-state index in [9.17, 15) is 0 Å². The molecule has 3 rings (SSSR count). The zero-order valence-corrected chi connectivity index (χ0v) is 14.6. The third-order valence-corrected chi connectivity index (χ3v) is 3.80. The Morgan fingerprint density at radius 1 is 1.24 bits per heavy atom. The second kappa shape index (κ2) is 8.16. The van der Waals surface area contributed by atoms with Crippen LogP contribution >= 0.6 is 12.2 Å². The maximum Gasteiger partial charge on any atom is 0.186 e. The Hall–Kier alpha value is -3.06. The van der Waals surface area contributed by atoms with Crippen molar-refractivity contribution in [1.82, 2.24) is 25.5 Å². The Morgan fingerprint density at radius 3 is 2.80 bits per heavy atom. The van der Waals surface area contributed by atoms with Crippen molar-refractivity contribution in [1.29, 1.82) is 0 Å². The van der Waals surface area contributed by atoms with E-state index < -0.39 is 0 Å². The van der Waals surface area contributed by atoms with E-state index in [0.717, 1.165) is 16.8 Å². The quantitative estimate of drug-likeness (QED) is 0.420. The average molecular weight is 350 g/mol. The largest absolute Gasteiger partial charge is 0.364 e. The van der Waals surface area contributed by atoms with Crippen molar-refractivity contribution in [2.75, 3.05) is 7.05 Å². The van der Waals surface area contributed by atoms with Gasteiger partial charge in [0.05, 0.1) is 12.8 Å². The van der Waals surface area contributed by atoms with Crippen LogP contribution in [0.5, 0.6) is 0 Å². The van der Waals surface area contributed by atoms with E-state index in [2.05, 4.69) is 33.0 Å². The van der Waals surface area contributed by atoms with Crippen molar-refractivity contribution < 1.29 is 0 Å². The fourth-order valence-electron chi connectivity index (χ4n) is 2.33. The van der Waals surface area contributed by atoms with Crippen molar-refractivity contribution in [3.8, 4) is 11.3 Å². The summed E-state index contributed by atoms with van der Waals surface area (Å²) in [6, 6.07) is 14.1. The van der Waals surface area contributed by atoms with Crippen molar-refractivity contribution in [2.24, 2.45) is 5.10 Å². The van der Waals surface area contributed by atoms with Gasteiger partial charge >= 0.3 is 0 Å². The fraction of sp³-hybridized carbons (Fsp3) is 0.111. The summed E-state index contributed by atoms with van der Waals surface area (Å²) in [6.45, 7) is 0.685. The lowest BCUT2D eigenvalue weighted by molar-refractivity contribution is 0.689. The highest BCUT2D eigenvalue weighted by Gasteiger charge is 2.10. The first kappa shape index (κ1) is 16.8. The van der Waals surface area contributed by atoms with Gasteiger partial charge in [-0.1, -0.05) is 30.3 Å². The van der Waals surface area contributed by atoms with Crippen molar-refractivity contribution in [3.05, 3.63) is 72.2 Å². The van der Waals surface area contributed by atoms with Crippen LogP contribution < -0.4 is 10.7 Å². The minimum Gasteiger partial charge on any atom is -0.364 e. The topological polar surface area (TPSA) is 67.1 Å². The summed E-state index contributed by atoms with van der Waals surface area (Å²) < 4.78 is 1.90. The monoisotopic (exact) mass is 350 g/mol. The molecule has 0 fully saturated rings. The van der Waals surface area contributed by atoms with Crippen LogP contribution in [0.2, 0.25) is 0 Å². The zero-order valence-electron chi connectivity index (χ0n) is 13.8. The molecule has 0 aliphatic heterocycles. The predicted octanol–water partition coefficient (Wildman–Crippen LogP) is 2.42. The molecule has 0 atom stereocenters. The number of nitrogens with zero attached hydrogens (tertiary/aromatic N) is 4. The first-order valence-corrected chi connectivity index (χ1v) is 8.19. The normalized spacial score (nSPS) is 10.8. The molecule has 6 nitrogen and oxygen atoms in total. The van der Waals surface area contributed by atoms with Gasteiger partial charge in [-0.2, -0.15) is 10.2 Å². The molecule has 0 aliphatic carbocycles. The second-order valence-electron chi connectivity index (χ2n) is 5.31. The van der Waals surface area contributed by atoms with Crippen LogP contribution in [0.1, 0.15) is 11.1 Å². The Morgan fingerprint density at radius 2 is 2.08 bits per heavy atom. The highest BCUT2D eigenvalue weighted by atomic mass is 32.1. The molecule has 0 radical (unpaired) electrons. The molecule has 126 valence electrons. The molecule has 25 heavy (non-hydrogen) atoms. The molecule has 0 amide bonds. The van der Waals surface area contributed by atoms with Gasteiger partial charge < -0.3 is 5.32 Å². The van der Waals surface area contributed by atoms with Crippen molar-refractivity contribution in [3.63, 3.8) is 0 Å². The van der Waals surface area contributed by atoms with Crippen LogP contribution in [0.3, 0.4) is 0 Å². The Balaban J connectivity index is 1.90. The van der Waals surface area contributed by atoms with Gasteiger partial charge in [-0.3, -0.25) is 15.1 Å². The molecule has 2 aromatic heterocycles. The first-order valence-electron chi connectivity index (χ1n) is 7.79. The van der Waals surface area contributed by atoms with Crippen LogP contribution in [0.4, 0.5) is 0 Å². The second-order valence-corrected chi connectivity index (χ2v) is 5.72. The van der Waals surface area contributed by atoms with Gasteiger partial charge in [-0.15, -0.1) is 0 Å². The smallest absolute Gasteiger partial charge is 0.186 e. The lowest BCUT2D eigenvalue weighted by Crippen LogP contribution is -2.28. The van der Waals surface area contributed by atoms with Crippen LogP contribution in [0.15, 0.2) is 66.2 Å². The minimum atomic E-state index is 0.454. The van der Waals surface area contributed by atoms with E-state index in [1.54, 1.807) is 25.7 Å². The fourth-order valence-corrected chi connectivity index (χ4v) is 2.38. The van der Waals surface area contributed by atoms with Crippen LogP contribution in [-0.4, -0.2) is 33.1 Å². The summed E-state index contributed by atoms with van der Waals surface area (Å²) in [5, 5.41) is 12.1. The van der Waals surface area contributed by atoms with Gasteiger partial charge in [0.2, 0.25) is 0 Å². The third-order valence-electron chi connectivity index (χ3n) is 3.51. The number of hydrogen-bond acceptors (Lipinski definition) is 4. The number of nitrogens with one attached hydrogen (secondary N) is 2. The summed E-state index contributed by atoms with van der Waals surface area (Å²) in [5.74, 6) is 0. The minimum absolute atomic E-state index is 0.454. The molecule has 0 aliphatic rings. The van der Waals surface area contributed by atoms with Crippen molar-refractivity contribution >= 4 is 23.5 Å². The maximum absolute atomic E-state index is 5.02. The number of thiocarbonyl (C=S) groups is 1. The molecule has 0 bridgehead atoms. The van der Waals surface area contributed by atoms with E-state index in [0.29, 0.717) is 11.7 Å². The van der Waals surface area contributed by atoms with Gasteiger partial charge in [0.1, 0.15) is 5.69 Å². The van der Waals surface area contributed by atoms with E-state index in [1.807, 2.05) is 41.2 Å². The van der Waals surface area contributed by atoms with Gasteiger partial charge in [-0.25, -0.2) is 0 Å². The van der Waals surface area contributed by atoms with Gasteiger partial charge in [0.25, 0.3) is 0 Å². The molecule has 0 saturated heterocycles. The summed E-state index contributed by atoms with van der Waals surface area (Å²) in [7, 11) is 1.74. The molecule has 7 heteroatoms. The summed E-state index contributed by atoms with van der Waals surface area (Å²) in [6.07, 6.45) is 7.20. The Bertz CT molecular complexity index is 858. The molecular formula is C18H18N6S. The molecule has 1 aromatic carbocycles. The van der Waals surface area contributed by atoms with E-state index >= 15 is 0 Å². The number of hydrogen-bond donors (Lipinski definition) is 2. The highest BCUT2D eigenvalue weighted by molar-refractivity contribution is 7.80. The van der Waals surface area contributed by atoms with Gasteiger partial charge in [0, 0.05) is 36.8 Å². The molecule has 0 unspecified atom stereocenters. The lowest BCUT2D eigenvalue weighted by atomic mass is 10.1.